The summed E-state index contributed by atoms with van der Waals surface area (Å²) in [7, 11) is 0. The molecular weight excluding hydrogens is 352 g/mol. The van der Waals surface area contributed by atoms with E-state index in [1.165, 1.54) is 35.1 Å². The SMILES string of the molecule is CCc1cc2c(N3CCC4(CC(NCc5ccccc5)C4)C3)ncnc2s1. The van der Waals surface area contributed by atoms with E-state index >= 15 is 0 Å². The van der Waals surface area contributed by atoms with Crippen molar-refractivity contribution in [3.63, 3.8) is 0 Å². The van der Waals surface area contributed by atoms with Crippen molar-refractivity contribution in [3.05, 3.63) is 53.2 Å². The van der Waals surface area contributed by atoms with Crippen LogP contribution in [0.15, 0.2) is 42.7 Å². The molecule has 0 atom stereocenters. The quantitative estimate of drug-likeness (QED) is 0.714. The highest BCUT2D eigenvalue weighted by molar-refractivity contribution is 7.18. The number of hydrogen-bond acceptors (Lipinski definition) is 5. The lowest BCUT2D eigenvalue weighted by atomic mass is 9.65. The molecular formula is C22H26N4S. The summed E-state index contributed by atoms with van der Waals surface area (Å²) >= 11 is 1.81. The molecule has 0 unspecified atom stereocenters. The molecule has 0 radical (unpaired) electrons. The maximum atomic E-state index is 4.66. The van der Waals surface area contributed by atoms with Crippen molar-refractivity contribution >= 4 is 27.4 Å². The minimum Gasteiger partial charge on any atom is -0.355 e. The number of anilines is 1. The van der Waals surface area contributed by atoms with Crippen LogP contribution in [-0.2, 0) is 13.0 Å². The maximum Gasteiger partial charge on any atom is 0.140 e. The van der Waals surface area contributed by atoms with Gasteiger partial charge in [0.2, 0.25) is 0 Å². The summed E-state index contributed by atoms with van der Waals surface area (Å²) in [5, 5.41) is 4.98. The Hall–Kier alpha value is -1.98. The second-order valence-electron chi connectivity index (χ2n) is 8.13. The van der Waals surface area contributed by atoms with Crippen LogP contribution in [0.4, 0.5) is 5.82 Å². The van der Waals surface area contributed by atoms with Gasteiger partial charge >= 0.3 is 0 Å². The van der Waals surface area contributed by atoms with Gasteiger partial charge < -0.3 is 10.2 Å². The third-order valence-corrected chi connectivity index (χ3v) is 7.43. The number of fused-ring (bicyclic) bond motifs is 1. The molecule has 5 rings (SSSR count). The van der Waals surface area contributed by atoms with Gasteiger partial charge in [-0.15, -0.1) is 11.3 Å². The Bertz CT molecular complexity index is 930. The smallest absolute Gasteiger partial charge is 0.140 e. The first-order valence-electron chi connectivity index (χ1n) is 10.0. The summed E-state index contributed by atoms with van der Waals surface area (Å²) in [5.41, 5.74) is 1.86. The molecule has 1 saturated heterocycles. The topological polar surface area (TPSA) is 41.0 Å². The van der Waals surface area contributed by atoms with E-state index in [9.17, 15) is 0 Å². The molecule has 0 amide bonds. The molecule has 27 heavy (non-hydrogen) atoms. The van der Waals surface area contributed by atoms with E-state index in [2.05, 4.69) is 63.5 Å². The van der Waals surface area contributed by atoms with Crippen LogP contribution < -0.4 is 10.2 Å². The van der Waals surface area contributed by atoms with Crippen molar-refractivity contribution in [2.75, 3.05) is 18.0 Å². The van der Waals surface area contributed by atoms with E-state index in [0.717, 1.165) is 36.7 Å². The van der Waals surface area contributed by atoms with Crippen molar-refractivity contribution in [3.8, 4) is 0 Å². The summed E-state index contributed by atoms with van der Waals surface area (Å²) in [6.45, 7) is 5.45. The van der Waals surface area contributed by atoms with E-state index in [1.807, 2.05) is 0 Å². The summed E-state index contributed by atoms with van der Waals surface area (Å²) in [4.78, 5) is 14.2. The largest absolute Gasteiger partial charge is 0.355 e. The van der Waals surface area contributed by atoms with Crippen molar-refractivity contribution in [2.24, 2.45) is 5.41 Å². The zero-order chi connectivity index (χ0) is 18.3. The van der Waals surface area contributed by atoms with E-state index in [4.69, 9.17) is 0 Å². The van der Waals surface area contributed by atoms with Gasteiger partial charge in [-0.05, 0) is 42.7 Å². The lowest BCUT2D eigenvalue weighted by Crippen LogP contribution is -2.50. The number of benzene rings is 1. The van der Waals surface area contributed by atoms with Crippen LogP contribution in [0.5, 0.6) is 0 Å². The third kappa shape index (κ3) is 3.23. The predicted molar refractivity (Wildman–Crippen MR) is 112 cm³/mol. The molecule has 1 spiro atoms. The average molecular weight is 379 g/mol. The molecule has 3 heterocycles. The number of aromatic nitrogens is 2. The van der Waals surface area contributed by atoms with Gasteiger partial charge in [0, 0.05) is 30.6 Å². The minimum absolute atomic E-state index is 0.481. The molecule has 1 saturated carbocycles. The summed E-state index contributed by atoms with van der Waals surface area (Å²) < 4.78 is 0. The lowest BCUT2D eigenvalue weighted by Gasteiger charge is -2.45. The Morgan fingerprint density at radius 2 is 2.07 bits per heavy atom. The number of nitrogens with one attached hydrogen (secondary N) is 1. The monoisotopic (exact) mass is 378 g/mol. The van der Waals surface area contributed by atoms with E-state index < -0.39 is 0 Å². The van der Waals surface area contributed by atoms with Gasteiger partial charge in [0.05, 0.1) is 5.39 Å². The molecule has 1 aliphatic heterocycles. The molecule has 1 aliphatic carbocycles. The number of rotatable bonds is 5. The molecule has 2 aliphatic rings. The molecule has 1 aromatic carbocycles. The molecule has 2 aromatic heterocycles. The summed E-state index contributed by atoms with van der Waals surface area (Å²) in [6.07, 6.45) is 6.67. The molecule has 3 aromatic rings. The second kappa shape index (κ2) is 6.88. The Morgan fingerprint density at radius 3 is 2.89 bits per heavy atom. The molecule has 1 N–H and O–H groups in total. The Balaban J connectivity index is 1.23. The first kappa shape index (κ1) is 17.1. The van der Waals surface area contributed by atoms with Gasteiger partial charge in [0.15, 0.2) is 0 Å². The number of nitrogens with zero attached hydrogens (tertiary/aromatic N) is 3. The van der Waals surface area contributed by atoms with E-state index in [-0.39, 0.29) is 0 Å². The Labute approximate surface area is 164 Å². The van der Waals surface area contributed by atoms with Crippen LogP contribution in [0.25, 0.3) is 10.2 Å². The van der Waals surface area contributed by atoms with Gasteiger partial charge in [-0.1, -0.05) is 37.3 Å². The third-order valence-electron chi connectivity index (χ3n) is 6.24. The summed E-state index contributed by atoms with van der Waals surface area (Å²) in [6, 6.07) is 13.7. The highest BCUT2D eigenvalue weighted by Gasteiger charge is 2.48. The van der Waals surface area contributed by atoms with Crippen LogP contribution in [0.1, 0.15) is 36.6 Å². The van der Waals surface area contributed by atoms with Gasteiger partial charge in [0.25, 0.3) is 0 Å². The van der Waals surface area contributed by atoms with Crippen LogP contribution in [-0.4, -0.2) is 29.1 Å². The second-order valence-corrected chi connectivity index (χ2v) is 9.24. The van der Waals surface area contributed by atoms with Gasteiger partial charge in [-0.3, -0.25) is 0 Å². The van der Waals surface area contributed by atoms with E-state index in [1.54, 1.807) is 17.7 Å². The van der Waals surface area contributed by atoms with Gasteiger partial charge in [-0.2, -0.15) is 0 Å². The van der Waals surface area contributed by atoms with Crippen molar-refractivity contribution < 1.29 is 0 Å². The van der Waals surface area contributed by atoms with Crippen molar-refractivity contribution in [1.82, 2.24) is 15.3 Å². The highest BCUT2D eigenvalue weighted by Crippen LogP contribution is 2.49. The predicted octanol–water partition coefficient (Wildman–Crippen LogP) is 4.40. The van der Waals surface area contributed by atoms with E-state index in [0.29, 0.717) is 11.5 Å². The fraction of sp³-hybridized carbons (Fsp3) is 0.455. The van der Waals surface area contributed by atoms with Crippen LogP contribution in [0.3, 0.4) is 0 Å². The van der Waals surface area contributed by atoms with Crippen molar-refractivity contribution in [2.45, 2.75) is 45.2 Å². The minimum atomic E-state index is 0.481. The van der Waals surface area contributed by atoms with Crippen molar-refractivity contribution in [1.29, 1.82) is 0 Å². The lowest BCUT2D eigenvalue weighted by molar-refractivity contribution is 0.106. The van der Waals surface area contributed by atoms with Gasteiger partial charge in [0.1, 0.15) is 17.0 Å². The standard InChI is InChI=1S/C22H26N4S/c1-2-18-10-19-20(24-15-25-21(19)27-18)26-9-8-22(14-26)11-17(12-22)23-13-16-6-4-3-5-7-16/h3-7,10,15,17,23H,2,8-9,11-14H2,1H3. The first-order valence-corrected chi connectivity index (χ1v) is 10.8. The highest BCUT2D eigenvalue weighted by atomic mass is 32.1. The zero-order valence-electron chi connectivity index (χ0n) is 15.8. The first-order chi connectivity index (χ1) is 13.2. The number of thiophene rings is 1. The fourth-order valence-electron chi connectivity index (χ4n) is 4.76. The zero-order valence-corrected chi connectivity index (χ0v) is 16.6. The molecule has 5 heteroatoms. The molecule has 0 bridgehead atoms. The van der Waals surface area contributed by atoms with Gasteiger partial charge in [-0.25, -0.2) is 9.97 Å². The Morgan fingerprint density at radius 1 is 1.22 bits per heavy atom. The average Bonchev–Trinajstić information content (AvgIpc) is 3.30. The molecule has 2 fully saturated rings. The number of aryl methyl sites for hydroxylation is 1. The summed E-state index contributed by atoms with van der Waals surface area (Å²) in [5.74, 6) is 1.15. The molecule has 140 valence electrons. The fourth-order valence-corrected chi connectivity index (χ4v) is 5.69. The number of hydrogen-bond donors (Lipinski definition) is 1. The van der Waals surface area contributed by atoms with Crippen LogP contribution in [0, 0.1) is 5.41 Å². The Kier molecular flexibility index (Phi) is 4.37. The normalized spacial score (nSPS) is 24.6. The molecule has 4 nitrogen and oxygen atoms in total. The van der Waals surface area contributed by atoms with Crippen LogP contribution in [0.2, 0.25) is 0 Å². The van der Waals surface area contributed by atoms with Crippen LogP contribution >= 0.6 is 11.3 Å². The maximum absolute atomic E-state index is 4.66.